The lowest BCUT2D eigenvalue weighted by molar-refractivity contribution is -0.139. The number of carboxylic acids is 1. The number of aliphatic imine (C=N–C) groups is 1. The zero-order chi connectivity index (χ0) is 12.6. The minimum atomic E-state index is -1.06. The molecule has 0 aliphatic carbocycles. The molecule has 0 unspecified atom stereocenters. The summed E-state index contributed by atoms with van der Waals surface area (Å²) in [7, 11) is 0. The van der Waals surface area contributed by atoms with Gasteiger partial charge in [-0.2, -0.15) is 0 Å². The molecule has 6 heteroatoms. The van der Waals surface area contributed by atoms with Gasteiger partial charge in [-0.05, 0) is 25.1 Å². The molecule has 0 saturated heterocycles. The average molecular weight is 237 g/mol. The first-order valence-corrected chi connectivity index (χ1v) is 4.98. The normalized spacial score (nSPS) is 23.0. The molecule has 1 aromatic carbocycles. The molecule has 0 aromatic heterocycles. The van der Waals surface area contributed by atoms with Crippen LogP contribution in [-0.2, 0) is 9.53 Å². The highest BCUT2D eigenvalue weighted by atomic mass is 16.5. The predicted molar refractivity (Wildman–Crippen MR) is 58.3 cm³/mol. The number of carbonyl (C=O) groups is 1. The molecule has 6 nitrogen and oxygen atoms in total. The largest absolute Gasteiger partial charge is 0.504 e. The van der Waals surface area contributed by atoms with Gasteiger partial charge in [-0.3, -0.25) is 0 Å². The van der Waals surface area contributed by atoms with Crippen molar-refractivity contribution in [3.05, 3.63) is 23.8 Å². The Balaban J connectivity index is 2.32. The second-order valence-corrected chi connectivity index (χ2v) is 3.74. The van der Waals surface area contributed by atoms with Gasteiger partial charge >= 0.3 is 5.97 Å². The third-order valence-corrected chi connectivity index (χ3v) is 2.47. The molecule has 2 atom stereocenters. The maximum absolute atomic E-state index is 10.8. The van der Waals surface area contributed by atoms with Crippen LogP contribution in [-0.4, -0.2) is 39.3 Å². The summed E-state index contributed by atoms with van der Waals surface area (Å²) in [4.78, 5) is 14.7. The highest BCUT2D eigenvalue weighted by Gasteiger charge is 2.33. The van der Waals surface area contributed by atoms with E-state index in [-0.39, 0.29) is 17.4 Å². The van der Waals surface area contributed by atoms with Crippen LogP contribution in [0.2, 0.25) is 0 Å². The molecule has 0 fully saturated rings. The molecule has 0 saturated carbocycles. The number of rotatable bonds is 2. The van der Waals surface area contributed by atoms with E-state index in [2.05, 4.69) is 4.99 Å². The monoisotopic (exact) mass is 237 g/mol. The third kappa shape index (κ3) is 2.01. The number of carboxylic acid groups (broad SMARTS) is 1. The molecule has 3 N–H and O–H groups in total. The molecule has 2 rings (SSSR count). The summed E-state index contributed by atoms with van der Waals surface area (Å²) in [5.41, 5.74) is 0.427. The van der Waals surface area contributed by atoms with Crippen molar-refractivity contribution in [2.75, 3.05) is 0 Å². The number of benzene rings is 1. The van der Waals surface area contributed by atoms with Gasteiger partial charge in [-0.1, -0.05) is 0 Å². The van der Waals surface area contributed by atoms with Gasteiger partial charge in [0.05, 0.1) is 0 Å². The molecule has 1 heterocycles. The van der Waals surface area contributed by atoms with Crippen molar-refractivity contribution in [3.63, 3.8) is 0 Å². The number of nitrogens with zero attached hydrogens (tertiary/aromatic N) is 1. The van der Waals surface area contributed by atoms with Crippen LogP contribution >= 0.6 is 0 Å². The van der Waals surface area contributed by atoms with Crippen LogP contribution in [0.5, 0.6) is 11.5 Å². The Morgan fingerprint density at radius 2 is 2.06 bits per heavy atom. The summed E-state index contributed by atoms with van der Waals surface area (Å²) < 4.78 is 5.29. The summed E-state index contributed by atoms with van der Waals surface area (Å²) >= 11 is 0. The van der Waals surface area contributed by atoms with Gasteiger partial charge in [0, 0.05) is 5.56 Å². The Bertz CT molecular complexity index is 497. The summed E-state index contributed by atoms with van der Waals surface area (Å²) in [5, 5.41) is 27.3. The number of hydrogen-bond acceptors (Lipinski definition) is 5. The third-order valence-electron chi connectivity index (χ3n) is 2.47. The van der Waals surface area contributed by atoms with Crippen molar-refractivity contribution in [2.45, 2.75) is 19.1 Å². The van der Waals surface area contributed by atoms with E-state index in [0.717, 1.165) is 0 Å². The first-order valence-electron chi connectivity index (χ1n) is 4.98. The first-order chi connectivity index (χ1) is 7.99. The molecule has 90 valence electrons. The van der Waals surface area contributed by atoms with E-state index < -0.39 is 18.1 Å². The Morgan fingerprint density at radius 3 is 2.59 bits per heavy atom. The van der Waals surface area contributed by atoms with Crippen LogP contribution in [0.25, 0.3) is 0 Å². The van der Waals surface area contributed by atoms with Crippen LogP contribution < -0.4 is 0 Å². The highest BCUT2D eigenvalue weighted by Crippen LogP contribution is 2.27. The number of ether oxygens (including phenoxy) is 1. The number of aliphatic carboxylic acids is 1. The molecule has 0 bridgehead atoms. The minimum absolute atomic E-state index is 0.153. The fourth-order valence-electron chi connectivity index (χ4n) is 1.56. The zero-order valence-electron chi connectivity index (χ0n) is 8.99. The first kappa shape index (κ1) is 11.3. The summed E-state index contributed by atoms with van der Waals surface area (Å²) in [6, 6.07) is 3.10. The number of hydrogen-bond donors (Lipinski definition) is 3. The van der Waals surface area contributed by atoms with Crippen LogP contribution in [0.4, 0.5) is 0 Å². The smallest absolute Gasteiger partial charge is 0.332 e. The Morgan fingerprint density at radius 1 is 1.35 bits per heavy atom. The molecule has 17 heavy (non-hydrogen) atoms. The van der Waals surface area contributed by atoms with E-state index in [0.29, 0.717) is 5.56 Å². The summed E-state index contributed by atoms with van der Waals surface area (Å²) in [6.07, 6.45) is -0.557. The van der Waals surface area contributed by atoms with Crippen molar-refractivity contribution in [1.29, 1.82) is 0 Å². The molecular weight excluding hydrogens is 226 g/mol. The van der Waals surface area contributed by atoms with E-state index in [4.69, 9.17) is 14.9 Å². The van der Waals surface area contributed by atoms with Gasteiger partial charge < -0.3 is 20.1 Å². The van der Waals surface area contributed by atoms with Gasteiger partial charge in [-0.25, -0.2) is 9.79 Å². The predicted octanol–water partition coefficient (Wildman–Crippen LogP) is 0.716. The van der Waals surface area contributed by atoms with E-state index in [1.54, 1.807) is 6.92 Å². The average Bonchev–Trinajstić information content (AvgIpc) is 2.64. The molecule has 0 amide bonds. The lowest BCUT2D eigenvalue weighted by Gasteiger charge is -2.08. The SMILES string of the molecule is C[C@@H]1OC(c2ccc(O)c(O)c2)=N[C@@H]1C(=O)O. The van der Waals surface area contributed by atoms with Crippen molar-refractivity contribution >= 4 is 11.9 Å². The van der Waals surface area contributed by atoms with Gasteiger partial charge in [0.15, 0.2) is 17.5 Å². The Hall–Kier alpha value is -2.24. The molecule has 0 radical (unpaired) electrons. The second kappa shape index (κ2) is 3.97. The van der Waals surface area contributed by atoms with Crippen molar-refractivity contribution < 1.29 is 24.9 Å². The minimum Gasteiger partial charge on any atom is -0.504 e. The van der Waals surface area contributed by atoms with Crippen molar-refractivity contribution in [3.8, 4) is 11.5 Å². The van der Waals surface area contributed by atoms with Gasteiger partial charge in [0.1, 0.15) is 6.10 Å². The number of phenolic OH excluding ortho intramolecular Hbond substituents is 2. The van der Waals surface area contributed by atoms with Crippen molar-refractivity contribution in [1.82, 2.24) is 0 Å². The van der Waals surface area contributed by atoms with E-state index in [9.17, 15) is 9.90 Å². The van der Waals surface area contributed by atoms with E-state index in [1.165, 1.54) is 18.2 Å². The molecule has 1 aromatic rings. The van der Waals surface area contributed by atoms with Crippen LogP contribution in [0.3, 0.4) is 0 Å². The second-order valence-electron chi connectivity index (χ2n) is 3.74. The summed E-state index contributed by atoms with van der Waals surface area (Å²) in [5.74, 6) is -1.47. The van der Waals surface area contributed by atoms with Crippen LogP contribution in [0.1, 0.15) is 12.5 Å². The van der Waals surface area contributed by atoms with Gasteiger partial charge in [0.25, 0.3) is 0 Å². The van der Waals surface area contributed by atoms with Crippen molar-refractivity contribution in [2.24, 2.45) is 4.99 Å². The lowest BCUT2D eigenvalue weighted by atomic mass is 10.2. The maximum Gasteiger partial charge on any atom is 0.332 e. The zero-order valence-corrected chi connectivity index (χ0v) is 8.99. The maximum atomic E-state index is 10.8. The molecule has 1 aliphatic heterocycles. The Kier molecular flexibility index (Phi) is 2.63. The standard InChI is InChI=1S/C11H11NO5/c1-5-9(11(15)16)12-10(17-5)6-2-3-7(13)8(14)4-6/h2-5,9,13-14H,1H3,(H,15,16)/t5-,9-/m0/s1. The van der Waals surface area contributed by atoms with E-state index in [1.807, 2.05) is 0 Å². The Labute approximate surface area is 96.8 Å². The fourth-order valence-corrected chi connectivity index (χ4v) is 1.56. The van der Waals surface area contributed by atoms with Gasteiger partial charge in [0.2, 0.25) is 5.90 Å². The van der Waals surface area contributed by atoms with Gasteiger partial charge in [-0.15, -0.1) is 0 Å². The topological polar surface area (TPSA) is 99.4 Å². The van der Waals surface area contributed by atoms with Crippen LogP contribution in [0, 0.1) is 0 Å². The number of phenols is 2. The lowest BCUT2D eigenvalue weighted by Crippen LogP contribution is -2.27. The summed E-state index contributed by atoms with van der Waals surface area (Å²) in [6.45, 7) is 1.61. The highest BCUT2D eigenvalue weighted by molar-refractivity contribution is 5.98. The number of aromatic hydroxyl groups is 2. The molecule has 1 aliphatic rings. The van der Waals surface area contributed by atoms with Crippen LogP contribution in [0.15, 0.2) is 23.2 Å². The molecule has 0 spiro atoms. The quantitative estimate of drug-likeness (QED) is 0.658. The molecular formula is C11H11NO5. The van der Waals surface area contributed by atoms with E-state index >= 15 is 0 Å². The fraction of sp³-hybridized carbons (Fsp3) is 0.273.